The van der Waals surface area contributed by atoms with Crippen LogP contribution < -0.4 is 0 Å². The van der Waals surface area contributed by atoms with Crippen molar-refractivity contribution in [3.05, 3.63) is 71.9 Å². The Hall–Kier alpha value is -2.93. The number of benzene rings is 2. The van der Waals surface area contributed by atoms with E-state index in [2.05, 4.69) is 44.0 Å². The van der Waals surface area contributed by atoms with Crippen molar-refractivity contribution in [3.8, 4) is 17.1 Å². The molecule has 0 bridgehead atoms. The molecule has 1 saturated carbocycles. The van der Waals surface area contributed by atoms with E-state index in [1.54, 1.807) is 11.8 Å². The van der Waals surface area contributed by atoms with E-state index in [9.17, 15) is 0 Å². The van der Waals surface area contributed by atoms with Crippen LogP contribution in [-0.2, 0) is 0 Å². The number of thioether (sulfide) groups is 1. The van der Waals surface area contributed by atoms with Gasteiger partial charge in [0.05, 0.1) is 5.25 Å². The maximum absolute atomic E-state index is 5.97. The number of hydrogen-bond donors (Lipinski definition) is 0. The third-order valence-electron chi connectivity index (χ3n) is 4.95. The molecule has 2 aromatic carbocycles. The lowest BCUT2D eigenvalue weighted by Gasteiger charge is -2.11. The monoisotopic (exact) mass is 403 g/mol. The van der Waals surface area contributed by atoms with Gasteiger partial charge in [0.25, 0.3) is 0 Å². The van der Waals surface area contributed by atoms with E-state index in [0.29, 0.717) is 17.7 Å². The minimum Gasteiger partial charge on any atom is -0.419 e. The lowest BCUT2D eigenvalue weighted by Crippen LogP contribution is -2.02. The van der Waals surface area contributed by atoms with Crippen molar-refractivity contribution in [3.63, 3.8) is 0 Å². The molecule has 0 saturated heterocycles. The second-order valence-electron chi connectivity index (χ2n) is 7.36. The smallest absolute Gasteiger partial charge is 0.247 e. The summed E-state index contributed by atoms with van der Waals surface area (Å²) in [4.78, 5) is 0. The van der Waals surface area contributed by atoms with E-state index in [4.69, 9.17) is 4.42 Å². The summed E-state index contributed by atoms with van der Waals surface area (Å²) in [5, 5.41) is 18.3. The van der Waals surface area contributed by atoms with Crippen molar-refractivity contribution >= 4 is 11.8 Å². The summed E-state index contributed by atoms with van der Waals surface area (Å²) >= 11 is 1.59. The highest BCUT2D eigenvalue weighted by molar-refractivity contribution is 7.99. The highest BCUT2D eigenvalue weighted by Gasteiger charge is 2.31. The van der Waals surface area contributed by atoms with Crippen LogP contribution in [-0.4, -0.2) is 25.0 Å². The van der Waals surface area contributed by atoms with E-state index in [1.807, 2.05) is 49.4 Å². The third kappa shape index (κ3) is 3.70. The van der Waals surface area contributed by atoms with Crippen LogP contribution in [0, 0.1) is 6.92 Å². The van der Waals surface area contributed by atoms with E-state index in [-0.39, 0.29) is 5.25 Å². The van der Waals surface area contributed by atoms with Gasteiger partial charge in [0, 0.05) is 17.2 Å². The fourth-order valence-electron chi connectivity index (χ4n) is 3.29. The van der Waals surface area contributed by atoms with Crippen LogP contribution in [0.1, 0.15) is 48.2 Å². The summed E-state index contributed by atoms with van der Waals surface area (Å²) < 4.78 is 8.13. The number of hydrogen-bond acceptors (Lipinski definition) is 6. The molecule has 1 fully saturated rings. The van der Waals surface area contributed by atoms with Gasteiger partial charge in [-0.15, -0.1) is 20.4 Å². The summed E-state index contributed by atoms with van der Waals surface area (Å²) in [6, 6.07) is 18.3. The normalized spacial score (nSPS) is 14.8. The van der Waals surface area contributed by atoms with Gasteiger partial charge in [0.15, 0.2) is 5.16 Å². The van der Waals surface area contributed by atoms with E-state index in [1.165, 1.54) is 12.8 Å². The molecule has 6 nitrogen and oxygen atoms in total. The number of aryl methyl sites for hydroxylation is 1. The van der Waals surface area contributed by atoms with Crippen LogP contribution >= 0.6 is 11.8 Å². The molecule has 7 heteroatoms. The molecule has 2 heterocycles. The molecule has 146 valence electrons. The zero-order chi connectivity index (χ0) is 19.8. The van der Waals surface area contributed by atoms with E-state index >= 15 is 0 Å². The predicted octanol–water partition coefficient (Wildman–Crippen LogP) is 5.36. The summed E-state index contributed by atoms with van der Waals surface area (Å²) in [6.45, 7) is 4.10. The number of para-hydroxylation sites is 1. The number of nitrogens with zero attached hydrogens (tertiary/aromatic N) is 5. The summed E-state index contributed by atoms with van der Waals surface area (Å²) in [5.74, 6) is 2.67. The maximum Gasteiger partial charge on any atom is 0.247 e. The van der Waals surface area contributed by atoms with Gasteiger partial charge in [-0.05, 0) is 51.0 Å². The van der Waals surface area contributed by atoms with E-state index < -0.39 is 0 Å². The van der Waals surface area contributed by atoms with Crippen LogP contribution in [0.2, 0.25) is 0 Å². The lowest BCUT2D eigenvalue weighted by molar-refractivity contribution is 0.509. The Morgan fingerprint density at radius 3 is 2.59 bits per heavy atom. The molecule has 0 spiro atoms. The first-order chi connectivity index (χ1) is 14.2. The summed E-state index contributed by atoms with van der Waals surface area (Å²) in [6.07, 6.45) is 2.35. The average molecular weight is 404 g/mol. The maximum atomic E-state index is 5.97. The molecule has 1 atom stereocenters. The van der Waals surface area contributed by atoms with Gasteiger partial charge in [-0.1, -0.05) is 47.7 Å². The first-order valence-corrected chi connectivity index (χ1v) is 10.6. The van der Waals surface area contributed by atoms with Gasteiger partial charge < -0.3 is 4.42 Å². The zero-order valence-corrected chi connectivity index (χ0v) is 17.1. The Labute approximate surface area is 173 Å². The molecule has 1 aliphatic rings. The Morgan fingerprint density at radius 2 is 1.83 bits per heavy atom. The van der Waals surface area contributed by atoms with Crippen LogP contribution in [0.25, 0.3) is 17.1 Å². The quantitative estimate of drug-likeness (QED) is 0.404. The third-order valence-corrected chi connectivity index (χ3v) is 5.98. The van der Waals surface area contributed by atoms with Crippen LogP contribution in [0.15, 0.2) is 64.2 Å². The second kappa shape index (κ2) is 7.48. The Kier molecular flexibility index (Phi) is 4.67. The molecule has 1 unspecified atom stereocenters. The molecule has 29 heavy (non-hydrogen) atoms. The second-order valence-corrected chi connectivity index (χ2v) is 8.67. The first kappa shape index (κ1) is 18.1. The molecule has 5 rings (SSSR count). The Bertz CT molecular complexity index is 1130. The van der Waals surface area contributed by atoms with Crippen molar-refractivity contribution in [2.75, 3.05) is 0 Å². The predicted molar refractivity (Wildman–Crippen MR) is 112 cm³/mol. The molecular formula is C22H21N5OS. The van der Waals surface area contributed by atoms with Gasteiger partial charge >= 0.3 is 0 Å². The highest BCUT2D eigenvalue weighted by Crippen LogP contribution is 2.43. The highest BCUT2D eigenvalue weighted by atomic mass is 32.2. The molecule has 0 N–H and O–H groups in total. The van der Waals surface area contributed by atoms with Crippen molar-refractivity contribution in [1.82, 2.24) is 25.0 Å². The minimum atomic E-state index is -0.0419. The molecule has 0 radical (unpaired) electrons. The topological polar surface area (TPSA) is 69.6 Å². The lowest BCUT2D eigenvalue weighted by atomic mass is 10.1. The molecule has 4 aromatic rings. The molecule has 0 amide bonds. The molecule has 0 aliphatic heterocycles. The molecule has 1 aliphatic carbocycles. The number of rotatable bonds is 6. The van der Waals surface area contributed by atoms with E-state index in [0.717, 1.165) is 27.8 Å². The van der Waals surface area contributed by atoms with Crippen molar-refractivity contribution < 1.29 is 4.42 Å². The largest absolute Gasteiger partial charge is 0.419 e. The van der Waals surface area contributed by atoms with Crippen molar-refractivity contribution in [1.29, 1.82) is 0 Å². The minimum absolute atomic E-state index is 0.0419. The fourth-order valence-corrected chi connectivity index (χ4v) is 4.19. The fraction of sp³-hybridized carbons (Fsp3) is 0.273. The molecular weight excluding hydrogens is 382 g/mol. The van der Waals surface area contributed by atoms with Gasteiger partial charge in [0.1, 0.15) is 5.82 Å². The van der Waals surface area contributed by atoms with Crippen LogP contribution in [0.5, 0.6) is 0 Å². The zero-order valence-electron chi connectivity index (χ0n) is 16.3. The van der Waals surface area contributed by atoms with Gasteiger partial charge in [-0.3, -0.25) is 4.57 Å². The first-order valence-electron chi connectivity index (χ1n) is 9.77. The van der Waals surface area contributed by atoms with Gasteiger partial charge in [-0.25, -0.2) is 0 Å². The van der Waals surface area contributed by atoms with Crippen LogP contribution in [0.4, 0.5) is 0 Å². The number of aromatic nitrogens is 5. The summed E-state index contributed by atoms with van der Waals surface area (Å²) in [7, 11) is 0. The van der Waals surface area contributed by atoms with Gasteiger partial charge in [0.2, 0.25) is 11.8 Å². The SMILES string of the molecule is Cc1cccc(-c2nnc(C(C)Sc3nnc(C4CC4)n3-c3ccccc3)o2)c1. The van der Waals surface area contributed by atoms with Crippen molar-refractivity contribution in [2.45, 2.75) is 43.0 Å². The Balaban J connectivity index is 1.42. The Morgan fingerprint density at radius 1 is 1.00 bits per heavy atom. The average Bonchev–Trinajstić information content (AvgIpc) is 3.31. The molecule has 2 aromatic heterocycles. The van der Waals surface area contributed by atoms with Crippen molar-refractivity contribution in [2.24, 2.45) is 0 Å². The standard InChI is InChI=1S/C22H21N5OS/c1-14-7-6-8-17(13-14)21-25-24-20(28-21)15(2)29-22-26-23-19(16-11-12-16)27(22)18-9-4-3-5-10-18/h3-10,13,15-16H,11-12H2,1-2H3. The van der Waals surface area contributed by atoms with Gasteiger partial charge in [-0.2, -0.15) is 0 Å². The van der Waals surface area contributed by atoms with Crippen LogP contribution in [0.3, 0.4) is 0 Å². The summed E-state index contributed by atoms with van der Waals surface area (Å²) in [5.41, 5.74) is 3.18.